The molecule has 1 unspecified atom stereocenters. The second kappa shape index (κ2) is 6.62. The summed E-state index contributed by atoms with van der Waals surface area (Å²) >= 11 is 1.26. The van der Waals surface area contributed by atoms with E-state index >= 15 is 0 Å². The number of amides is 1. The zero-order valence-electron chi connectivity index (χ0n) is 12.3. The average Bonchev–Trinajstić information content (AvgIpc) is 2.98. The molecule has 4 N–H and O–H groups in total. The number of hydrogen-bond donors (Lipinski definition) is 3. The first-order valence-corrected chi connectivity index (χ1v) is 7.63. The second-order valence-electron chi connectivity index (χ2n) is 5.19. The van der Waals surface area contributed by atoms with E-state index in [-0.39, 0.29) is 23.8 Å². The fraction of sp³-hybridized carbons (Fsp3) is 0.429. The summed E-state index contributed by atoms with van der Waals surface area (Å²) in [5.74, 6) is 0.883. The molecule has 6 nitrogen and oxygen atoms in total. The number of aromatic nitrogens is 1. The third-order valence-electron chi connectivity index (χ3n) is 2.74. The van der Waals surface area contributed by atoms with E-state index in [0.29, 0.717) is 16.4 Å². The summed E-state index contributed by atoms with van der Waals surface area (Å²) in [5, 5.41) is 6.71. The lowest BCUT2D eigenvalue weighted by Crippen LogP contribution is -2.33. The molecule has 0 aliphatic rings. The molecule has 1 atom stereocenters. The van der Waals surface area contributed by atoms with Gasteiger partial charge in [0.1, 0.15) is 16.5 Å². The number of rotatable bonds is 6. The minimum Gasteiger partial charge on any atom is -0.469 e. The van der Waals surface area contributed by atoms with Crippen LogP contribution in [0.25, 0.3) is 0 Å². The summed E-state index contributed by atoms with van der Waals surface area (Å²) in [6.45, 7) is 5.93. The van der Waals surface area contributed by atoms with Crippen LogP contribution in [0.2, 0.25) is 0 Å². The summed E-state index contributed by atoms with van der Waals surface area (Å²) in [5.41, 5.74) is 5.81. The molecule has 2 aromatic rings. The predicted octanol–water partition coefficient (Wildman–Crippen LogP) is 2.50. The normalized spacial score (nSPS) is 12.4. The van der Waals surface area contributed by atoms with Crippen LogP contribution in [0.15, 0.2) is 22.8 Å². The lowest BCUT2D eigenvalue weighted by atomic mass is 10.2. The molecule has 0 radical (unpaired) electrons. The molecular formula is C14H20N4O2S. The Kier molecular flexibility index (Phi) is 4.85. The summed E-state index contributed by atoms with van der Waals surface area (Å²) in [6, 6.07) is 3.90. The van der Waals surface area contributed by atoms with Crippen molar-refractivity contribution in [1.82, 2.24) is 10.3 Å². The third kappa shape index (κ3) is 4.22. The van der Waals surface area contributed by atoms with Crippen molar-refractivity contribution in [2.75, 3.05) is 11.1 Å². The topological polar surface area (TPSA) is 93.2 Å². The van der Waals surface area contributed by atoms with Gasteiger partial charge in [0.2, 0.25) is 0 Å². The molecule has 2 aromatic heterocycles. The molecule has 0 aromatic carbocycles. The summed E-state index contributed by atoms with van der Waals surface area (Å²) in [6.07, 6.45) is 2.25. The van der Waals surface area contributed by atoms with E-state index in [9.17, 15) is 4.79 Å². The first kappa shape index (κ1) is 15.4. The van der Waals surface area contributed by atoms with E-state index in [2.05, 4.69) is 15.6 Å². The van der Waals surface area contributed by atoms with Crippen LogP contribution in [0.3, 0.4) is 0 Å². The largest absolute Gasteiger partial charge is 0.469 e. The number of carbonyl (C=O) groups is 1. The molecule has 7 heteroatoms. The number of nitrogens with one attached hydrogen (secondary N) is 2. The van der Waals surface area contributed by atoms with Gasteiger partial charge in [0.15, 0.2) is 5.13 Å². The fourth-order valence-corrected chi connectivity index (χ4v) is 2.81. The Morgan fingerprint density at radius 2 is 2.24 bits per heavy atom. The lowest BCUT2D eigenvalue weighted by Gasteiger charge is -2.11. The Labute approximate surface area is 127 Å². The van der Waals surface area contributed by atoms with E-state index < -0.39 is 0 Å². The van der Waals surface area contributed by atoms with Gasteiger partial charge in [-0.2, -0.15) is 0 Å². The minimum atomic E-state index is -0.208. The highest BCUT2D eigenvalue weighted by Gasteiger charge is 2.18. The zero-order valence-corrected chi connectivity index (χ0v) is 13.2. The quantitative estimate of drug-likeness (QED) is 0.762. The molecule has 2 rings (SSSR count). The highest BCUT2D eigenvalue weighted by molar-refractivity contribution is 7.18. The average molecular weight is 308 g/mol. The molecule has 0 saturated heterocycles. The number of nitrogen functional groups attached to an aromatic ring is 1. The standard InChI is InChI=1S/C14H20N4O2S/c1-8(2)16-14-18-12(15)11(21-14)13(19)17-9(3)7-10-5-4-6-20-10/h4-6,8-9H,7,15H2,1-3H3,(H,16,18)(H,17,19). The van der Waals surface area contributed by atoms with E-state index in [1.165, 1.54) is 11.3 Å². The SMILES string of the molecule is CC(C)Nc1nc(N)c(C(=O)NC(C)Cc2ccco2)s1. The van der Waals surface area contributed by atoms with Crippen LogP contribution in [-0.4, -0.2) is 23.0 Å². The Balaban J connectivity index is 1.97. The second-order valence-corrected chi connectivity index (χ2v) is 6.19. The molecule has 0 saturated carbocycles. The van der Waals surface area contributed by atoms with Crippen LogP contribution in [0.5, 0.6) is 0 Å². The van der Waals surface area contributed by atoms with Gasteiger partial charge >= 0.3 is 0 Å². The van der Waals surface area contributed by atoms with Crippen molar-refractivity contribution < 1.29 is 9.21 Å². The molecule has 0 aliphatic heterocycles. The van der Waals surface area contributed by atoms with Crippen LogP contribution in [-0.2, 0) is 6.42 Å². The monoisotopic (exact) mass is 308 g/mol. The van der Waals surface area contributed by atoms with Gasteiger partial charge in [0.25, 0.3) is 5.91 Å². The smallest absolute Gasteiger partial charge is 0.265 e. The van der Waals surface area contributed by atoms with E-state index in [4.69, 9.17) is 10.2 Å². The zero-order chi connectivity index (χ0) is 15.4. The fourth-order valence-electron chi connectivity index (χ4n) is 1.87. The van der Waals surface area contributed by atoms with Gasteiger partial charge in [-0.3, -0.25) is 4.79 Å². The van der Waals surface area contributed by atoms with Gasteiger partial charge < -0.3 is 20.8 Å². The Morgan fingerprint density at radius 1 is 1.48 bits per heavy atom. The summed E-state index contributed by atoms with van der Waals surface area (Å²) < 4.78 is 5.27. The molecular weight excluding hydrogens is 288 g/mol. The molecule has 0 aliphatic carbocycles. The number of hydrogen-bond acceptors (Lipinski definition) is 6. The first-order valence-electron chi connectivity index (χ1n) is 6.81. The maximum Gasteiger partial charge on any atom is 0.265 e. The van der Waals surface area contributed by atoms with E-state index in [1.807, 2.05) is 32.9 Å². The van der Waals surface area contributed by atoms with Gasteiger partial charge in [0.05, 0.1) is 6.26 Å². The number of thiazole rings is 1. The van der Waals surface area contributed by atoms with Gasteiger partial charge in [-0.15, -0.1) is 0 Å². The van der Waals surface area contributed by atoms with Crippen molar-refractivity contribution in [2.24, 2.45) is 0 Å². The molecule has 21 heavy (non-hydrogen) atoms. The van der Waals surface area contributed by atoms with Crippen LogP contribution in [0, 0.1) is 0 Å². The van der Waals surface area contributed by atoms with Crippen molar-refractivity contribution in [3.05, 3.63) is 29.0 Å². The van der Waals surface area contributed by atoms with Gasteiger partial charge in [-0.25, -0.2) is 4.98 Å². The maximum absolute atomic E-state index is 12.2. The van der Waals surface area contributed by atoms with Crippen LogP contribution in [0.4, 0.5) is 10.9 Å². The molecule has 0 spiro atoms. The molecule has 0 bridgehead atoms. The Hall–Kier alpha value is -2.02. The number of nitrogens with zero attached hydrogens (tertiary/aromatic N) is 1. The third-order valence-corrected chi connectivity index (χ3v) is 3.74. The minimum absolute atomic E-state index is 0.0494. The van der Waals surface area contributed by atoms with E-state index in [0.717, 1.165) is 5.76 Å². The maximum atomic E-state index is 12.2. The molecule has 2 heterocycles. The number of furan rings is 1. The van der Waals surface area contributed by atoms with Crippen LogP contribution >= 0.6 is 11.3 Å². The van der Waals surface area contributed by atoms with Gasteiger partial charge in [-0.1, -0.05) is 11.3 Å². The van der Waals surface area contributed by atoms with Crippen molar-refractivity contribution in [3.8, 4) is 0 Å². The number of nitrogens with two attached hydrogens (primary N) is 1. The Bertz CT molecular complexity index is 592. The van der Waals surface area contributed by atoms with Gasteiger partial charge in [0, 0.05) is 18.5 Å². The highest BCUT2D eigenvalue weighted by atomic mass is 32.1. The lowest BCUT2D eigenvalue weighted by molar-refractivity contribution is 0.0944. The molecule has 1 amide bonds. The van der Waals surface area contributed by atoms with Crippen LogP contribution in [0.1, 0.15) is 36.2 Å². The van der Waals surface area contributed by atoms with Crippen molar-refractivity contribution >= 4 is 28.2 Å². The summed E-state index contributed by atoms with van der Waals surface area (Å²) in [4.78, 5) is 16.8. The molecule has 114 valence electrons. The highest BCUT2D eigenvalue weighted by Crippen LogP contribution is 2.25. The molecule has 0 fully saturated rings. The van der Waals surface area contributed by atoms with Crippen LogP contribution < -0.4 is 16.4 Å². The summed E-state index contributed by atoms with van der Waals surface area (Å²) in [7, 11) is 0. The van der Waals surface area contributed by atoms with Gasteiger partial charge in [-0.05, 0) is 32.9 Å². The van der Waals surface area contributed by atoms with Crippen molar-refractivity contribution in [3.63, 3.8) is 0 Å². The predicted molar refractivity (Wildman–Crippen MR) is 84.6 cm³/mol. The number of anilines is 2. The van der Waals surface area contributed by atoms with Crippen molar-refractivity contribution in [2.45, 2.75) is 39.3 Å². The number of carbonyl (C=O) groups excluding carboxylic acids is 1. The van der Waals surface area contributed by atoms with Crippen molar-refractivity contribution in [1.29, 1.82) is 0 Å². The Morgan fingerprint density at radius 3 is 2.86 bits per heavy atom. The first-order chi connectivity index (χ1) is 9.95. The van der Waals surface area contributed by atoms with E-state index in [1.54, 1.807) is 6.26 Å².